The van der Waals surface area contributed by atoms with E-state index in [1.807, 2.05) is 37.1 Å². The molecule has 1 heterocycles. The first-order chi connectivity index (χ1) is 9.04. The molecular weight excluding hydrogens is 240 g/mol. The summed E-state index contributed by atoms with van der Waals surface area (Å²) in [7, 11) is 1.97. The number of benzene rings is 1. The zero-order valence-electron chi connectivity index (χ0n) is 11.5. The van der Waals surface area contributed by atoms with Gasteiger partial charge in [0.2, 0.25) is 0 Å². The van der Waals surface area contributed by atoms with Crippen molar-refractivity contribution in [1.29, 1.82) is 5.26 Å². The van der Waals surface area contributed by atoms with Crippen molar-refractivity contribution in [3.05, 3.63) is 29.3 Å². The molecule has 1 saturated heterocycles. The average molecular weight is 260 g/mol. The highest BCUT2D eigenvalue weighted by Gasteiger charge is 2.31. The second kappa shape index (κ2) is 5.60. The molecule has 0 aromatic heterocycles. The lowest BCUT2D eigenvalue weighted by Gasteiger charge is -2.36. The molecule has 102 valence electrons. The van der Waals surface area contributed by atoms with E-state index in [0.717, 1.165) is 11.3 Å². The summed E-state index contributed by atoms with van der Waals surface area (Å²) >= 11 is 0. The van der Waals surface area contributed by atoms with Gasteiger partial charge in [-0.2, -0.15) is 5.26 Å². The number of hydrogen-bond donors (Lipinski definition) is 1. The van der Waals surface area contributed by atoms with Crippen molar-refractivity contribution in [3.8, 4) is 6.07 Å². The molecule has 0 spiro atoms. The van der Waals surface area contributed by atoms with Gasteiger partial charge >= 0.3 is 0 Å². The molecule has 0 atom stereocenters. The van der Waals surface area contributed by atoms with Gasteiger partial charge in [-0.3, -0.25) is 0 Å². The summed E-state index contributed by atoms with van der Waals surface area (Å²) in [6.07, 6.45) is 1.35. The second-order valence-electron chi connectivity index (χ2n) is 5.30. The Kier molecular flexibility index (Phi) is 4.08. The number of rotatable bonds is 3. The van der Waals surface area contributed by atoms with Gasteiger partial charge in [-0.25, -0.2) is 0 Å². The first-order valence-corrected chi connectivity index (χ1v) is 6.56. The number of nitrogens with zero attached hydrogens (tertiary/aromatic N) is 2. The fourth-order valence-corrected chi connectivity index (χ4v) is 2.45. The highest BCUT2D eigenvalue weighted by molar-refractivity contribution is 5.53. The predicted molar refractivity (Wildman–Crippen MR) is 74.2 cm³/mol. The Hall–Kier alpha value is -1.57. The molecule has 1 aliphatic heterocycles. The van der Waals surface area contributed by atoms with Gasteiger partial charge in [-0.15, -0.1) is 0 Å². The Labute approximate surface area is 114 Å². The number of nitriles is 1. The topological polar surface area (TPSA) is 56.5 Å². The molecule has 4 nitrogen and oxygen atoms in total. The third-order valence-electron chi connectivity index (χ3n) is 3.73. The summed E-state index contributed by atoms with van der Waals surface area (Å²) < 4.78 is 5.29. The van der Waals surface area contributed by atoms with E-state index in [4.69, 9.17) is 10.00 Å². The van der Waals surface area contributed by atoms with E-state index in [2.05, 4.69) is 6.07 Å². The Bertz CT molecular complexity index is 487. The van der Waals surface area contributed by atoms with Crippen LogP contribution in [-0.2, 0) is 4.74 Å². The van der Waals surface area contributed by atoms with Crippen molar-refractivity contribution in [2.45, 2.75) is 25.4 Å². The minimum absolute atomic E-state index is 0.585. The Morgan fingerprint density at radius 1 is 1.42 bits per heavy atom. The molecule has 0 radical (unpaired) electrons. The molecule has 1 N–H and O–H groups in total. The maximum atomic E-state index is 10.5. The average Bonchev–Trinajstić information content (AvgIpc) is 2.39. The molecule has 19 heavy (non-hydrogen) atoms. The summed E-state index contributed by atoms with van der Waals surface area (Å²) in [6.45, 7) is 3.76. The van der Waals surface area contributed by atoms with Crippen LogP contribution >= 0.6 is 0 Å². The van der Waals surface area contributed by atoms with Crippen molar-refractivity contribution in [1.82, 2.24) is 0 Å². The summed E-state index contributed by atoms with van der Waals surface area (Å²) in [5.41, 5.74) is 2.01. The first kappa shape index (κ1) is 13.9. The van der Waals surface area contributed by atoms with Crippen LogP contribution in [0.5, 0.6) is 0 Å². The molecule has 1 fully saturated rings. The smallest absolute Gasteiger partial charge is 0.0994 e. The van der Waals surface area contributed by atoms with E-state index in [9.17, 15) is 5.11 Å². The third-order valence-corrected chi connectivity index (χ3v) is 3.73. The van der Waals surface area contributed by atoms with Crippen molar-refractivity contribution in [2.24, 2.45) is 0 Å². The molecular formula is C15H20N2O2. The molecule has 1 aliphatic rings. The molecule has 1 aromatic rings. The van der Waals surface area contributed by atoms with Gasteiger partial charge in [-0.1, -0.05) is 0 Å². The van der Waals surface area contributed by atoms with E-state index in [0.29, 0.717) is 38.2 Å². The van der Waals surface area contributed by atoms with Crippen LogP contribution in [0.4, 0.5) is 5.69 Å². The molecule has 1 aromatic carbocycles. The highest BCUT2D eigenvalue weighted by Crippen LogP contribution is 2.25. The van der Waals surface area contributed by atoms with Gasteiger partial charge in [-0.05, 0) is 30.7 Å². The summed E-state index contributed by atoms with van der Waals surface area (Å²) in [6, 6.07) is 7.91. The number of anilines is 1. The molecule has 2 rings (SSSR count). The van der Waals surface area contributed by atoms with Crippen LogP contribution in [0.1, 0.15) is 24.0 Å². The SMILES string of the molecule is Cc1cc(N(C)CC2(O)CCOCC2)ccc1C#N. The maximum Gasteiger partial charge on any atom is 0.0994 e. The summed E-state index contributed by atoms with van der Waals surface area (Å²) in [5.74, 6) is 0. The summed E-state index contributed by atoms with van der Waals surface area (Å²) in [4.78, 5) is 2.04. The Morgan fingerprint density at radius 2 is 2.11 bits per heavy atom. The number of hydrogen-bond acceptors (Lipinski definition) is 4. The van der Waals surface area contributed by atoms with E-state index in [1.54, 1.807) is 0 Å². The molecule has 0 unspecified atom stereocenters. The molecule has 0 saturated carbocycles. The maximum absolute atomic E-state index is 10.5. The predicted octanol–water partition coefficient (Wildman–Crippen LogP) is 1.84. The molecule has 4 heteroatoms. The lowest BCUT2D eigenvalue weighted by Crippen LogP contribution is -2.45. The number of aryl methyl sites for hydroxylation is 1. The largest absolute Gasteiger partial charge is 0.388 e. The quantitative estimate of drug-likeness (QED) is 0.901. The lowest BCUT2D eigenvalue weighted by atomic mass is 9.93. The molecule has 0 bridgehead atoms. The van der Waals surface area contributed by atoms with Crippen LogP contribution in [0.15, 0.2) is 18.2 Å². The number of aliphatic hydroxyl groups is 1. The second-order valence-corrected chi connectivity index (χ2v) is 5.30. The van der Waals surface area contributed by atoms with Gasteiger partial charge in [0.25, 0.3) is 0 Å². The van der Waals surface area contributed by atoms with Gasteiger partial charge < -0.3 is 14.7 Å². The Balaban J connectivity index is 2.09. The molecule has 0 amide bonds. The third kappa shape index (κ3) is 3.25. The van der Waals surface area contributed by atoms with Crippen LogP contribution in [0.2, 0.25) is 0 Å². The highest BCUT2D eigenvalue weighted by atomic mass is 16.5. The van der Waals surface area contributed by atoms with Crippen LogP contribution in [0.25, 0.3) is 0 Å². The number of ether oxygens (including phenoxy) is 1. The summed E-state index contributed by atoms with van der Waals surface area (Å²) in [5, 5.41) is 19.4. The molecule has 0 aliphatic carbocycles. The van der Waals surface area contributed by atoms with Crippen LogP contribution < -0.4 is 4.90 Å². The van der Waals surface area contributed by atoms with Crippen molar-refractivity contribution in [2.75, 3.05) is 31.7 Å². The van der Waals surface area contributed by atoms with E-state index >= 15 is 0 Å². The van der Waals surface area contributed by atoms with Crippen LogP contribution in [-0.4, -0.2) is 37.5 Å². The van der Waals surface area contributed by atoms with Gasteiger partial charge in [0.1, 0.15) is 0 Å². The van der Waals surface area contributed by atoms with Crippen molar-refractivity contribution in [3.63, 3.8) is 0 Å². The zero-order chi connectivity index (χ0) is 13.9. The van der Waals surface area contributed by atoms with Crippen molar-refractivity contribution < 1.29 is 9.84 Å². The monoisotopic (exact) mass is 260 g/mol. The van der Waals surface area contributed by atoms with E-state index < -0.39 is 5.60 Å². The standard InChI is InChI=1S/C15H20N2O2/c1-12-9-14(4-3-13(12)10-16)17(2)11-15(18)5-7-19-8-6-15/h3-4,9,18H,5-8,11H2,1-2H3. The van der Waals surface area contributed by atoms with Gasteiger partial charge in [0, 0.05) is 45.3 Å². The van der Waals surface area contributed by atoms with E-state index in [1.165, 1.54) is 0 Å². The Morgan fingerprint density at radius 3 is 2.68 bits per heavy atom. The van der Waals surface area contributed by atoms with Crippen LogP contribution in [0, 0.1) is 18.3 Å². The lowest BCUT2D eigenvalue weighted by molar-refractivity contribution is -0.0572. The minimum Gasteiger partial charge on any atom is -0.388 e. The van der Waals surface area contributed by atoms with Gasteiger partial charge in [0.15, 0.2) is 0 Å². The zero-order valence-corrected chi connectivity index (χ0v) is 11.5. The normalized spacial score (nSPS) is 17.8. The van der Waals surface area contributed by atoms with Crippen molar-refractivity contribution >= 4 is 5.69 Å². The fraction of sp³-hybridized carbons (Fsp3) is 0.533. The van der Waals surface area contributed by atoms with Gasteiger partial charge in [0.05, 0.1) is 17.2 Å². The number of likely N-dealkylation sites (N-methyl/N-ethyl adjacent to an activating group) is 1. The fourth-order valence-electron chi connectivity index (χ4n) is 2.45. The minimum atomic E-state index is -0.672. The first-order valence-electron chi connectivity index (χ1n) is 6.56. The van der Waals surface area contributed by atoms with E-state index in [-0.39, 0.29) is 0 Å². The van der Waals surface area contributed by atoms with Crippen LogP contribution in [0.3, 0.4) is 0 Å².